The molecule has 1 aliphatic heterocycles. The van der Waals surface area contributed by atoms with Crippen molar-refractivity contribution in [1.29, 1.82) is 0 Å². The molecule has 0 bridgehead atoms. The number of rotatable bonds is 5. The highest BCUT2D eigenvalue weighted by molar-refractivity contribution is 5.95. The number of ether oxygens (including phenoxy) is 1. The van der Waals surface area contributed by atoms with Crippen LogP contribution in [0.2, 0.25) is 0 Å². The van der Waals surface area contributed by atoms with Gasteiger partial charge in [-0.3, -0.25) is 9.59 Å². The van der Waals surface area contributed by atoms with Gasteiger partial charge >= 0.3 is 0 Å². The minimum Gasteiger partial charge on any atom is -0.494 e. The molecule has 1 spiro atoms. The Balaban J connectivity index is 1.26. The molecule has 0 radical (unpaired) electrons. The summed E-state index contributed by atoms with van der Waals surface area (Å²) in [5.74, 6) is 0.914. The molecule has 150 valence electrons. The van der Waals surface area contributed by atoms with Gasteiger partial charge < -0.3 is 15.0 Å². The zero-order valence-corrected chi connectivity index (χ0v) is 16.7. The largest absolute Gasteiger partial charge is 0.494 e. The van der Waals surface area contributed by atoms with E-state index in [1.165, 1.54) is 11.1 Å². The van der Waals surface area contributed by atoms with E-state index in [4.69, 9.17) is 4.74 Å². The monoisotopic (exact) mass is 390 g/mol. The number of hydrogen-bond acceptors (Lipinski definition) is 3. The van der Waals surface area contributed by atoms with Gasteiger partial charge in [-0.1, -0.05) is 24.3 Å². The van der Waals surface area contributed by atoms with E-state index in [1.807, 2.05) is 31.2 Å². The zero-order chi connectivity index (χ0) is 20.0. The van der Waals surface area contributed by atoms with Gasteiger partial charge in [-0.05, 0) is 68.0 Å². The number of hydrogen-bond donors (Lipinski definition) is 1. The first kappa shape index (κ1) is 18.2. The Labute approximate surface area is 171 Å². The summed E-state index contributed by atoms with van der Waals surface area (Å²) in [4.78, 5) is 28.1. The van der Waals surface area contributed by atoms with Gasteiger partial charge in [-0.2, -0.15) is 0 Å². The Hall–Kier alpha value is -2.82. The summed E-state index contributed by atoms with van der Waals surface area (Å²) >= 11 is 0. The van der Waals surface area contributed by atoms with Gasteiger partial charge in [0.15, 0.2) is 0 Å². The molecule has 5 rings (SSSR count). The summed E-state index contributed by atoms with van der Waals surface area (Å²) < 4.78 is 5.45. The first-order valence-electron chi connectivity index (χ1n) is 10.6. The Morgan fingerprint density at radius 2 is 1.90 bits per heavy atom. The van der Waals surface area contributed by atoms with Crippen molar-refractivity contribution in [3.63, 3.8) is 0 Å². The lowest BCUT2D eigenvalue weighted by Gasteiger charge is -2.36. The highest BCUT2D eigenvalue weighted by Gasteiger charge is 2.60. The summed E-state index contributed by atoms with van der Waals surface area (Å²) in [6.45, 7) is 3.27. The third-order valence-corrected chi connectivity index (χ3v) is 6.74. The van der Waals surface area contributed by atoms with E-state index < -0.39 is 0 Å². The van der Waals surface area contributed by atoms with E-state index in [0.29, 0.717) is 12.2 Å². The van der Waals surface area contributed by atoms with Crippen molar-refractivity contribution in [3.05, 3.63) is 65.2 Å². The highest BCUT2D eigenvalue weighted by atomic mass is 16.5. The quantitative estimate of drug-likeness (QED) is 0.852. The maximum absolute atomic E-state index is 13.2. The third kappa shape index (κ3) is 3.00. The van der Waals surface area contributed by atoms with Gasteiger partial charge in [0.05, 0.1) is 24.1 Å². The molecule has 2 unspecified atom stereocenters. The maximum atomic E-state index is 13.2. The van der Waals surface area contributed by atoms with E-state index in [2.05, 4.69) is 22.3 Å². The van der Waals surface area contributed by atoms with Crippen molar-refractivity contribution in [2.24, 2.45) is 0 Å². The molecule has 1 saturated heterocycles. The second-order valence-corrected chi connectivity index (χ2v) is 8.32. The van der Waals surface area contributed by atoms with Crippen LogP contribution in [0.3, 0.4) is 0 Å². The maximum Gasteiger partial charge on any atom is 0.251 e. The van der Waals surface area contributed by atoms with Gasteiger partial charge in [0.2, 0.25) is 5.91 Å². The van der Waals surface area contributed by atoms with E-state index in [0.717, 1.165) is 38.0 Å². The number of fused-ring (bicyclic) bond motifs is 1. The molecule has 2 aliphatic carbocycles. The van der Waals surface area contributed by atoms with Crippen LogP contribution in [0, 0.1) is 0 Å². The van der Waals surface area contributed by atoms with Crippen molar-refractivity contribution >= 4 is 11.8 Å². The van der Waals surface area contributed by atoms with Gasteiger partial charge in [0.25, 0.3) is 5.91 Å². The molecule has 2 aromatic carbocycles. The van der Waals surface area contributed by atoms with Crippen molar-refractivity contribution < 1.29 is 14.3 Å². The molecule has 5 nitrogen and oxygen atoms in total. The normalized spacial score (nSPS) is 23.3. The molecule has 2 fully saturated rings. The minimum absolute atomic E-state index is 0.00997. The van der Waals surface area contributed by atoms with Crippen molar-refractivity contribution in [1.82, 2.24) is 10.2 Å². The molecule has 1 saturated carbocycles. The molecule has 2 atom stereocenters. The molecule has 1 heterocycles. The molecule has 29 heavy (non-hydrogen) atoms. The molecular weight excluding hydrogens is 364 g/mol. The van der Waals surface area contributed by atoms with Crippen molar-refractivity contribution in [2.75, 3.05) is 13.2 Å². The highest BCUT2D eigenvalue weighted by Crippen LogP contribution is 2.51. The molecule has 2 aromatic rings. The van der Waals surface area contributed by atoms with Crippen LogP contribution in [0.15, 0.2) is 48.5 Å². The predicted molar refractivity (Wildman–Crippen MR) is 110 cm³/mol. The summed E-state index contributed by atoms with van der Waals surface area (Å²) in [6, 6.07) is 15.5. The van der Waals surface area contributed by atoms with Crippen LogP contribution in [-0.2, 0) is 11.2 Å². The van der Waals surface area contributed by atoms with Crippen LogP contribution in [0.1, 0.15) is 53.6 Å². The summed E-state index contributed by atoms with van der Waals surface area (Å²) in [5.41, 5.74) is 2.91. The first-order valence-corrected chi connectivity index (χ1v) is 10.6. The zero-order valence-electron chi connectivity index (χ0n) is 16.7. The van der Waals surface area contributed by atoms with Crippen molar-refractivity contribution in [2.45, 2.75) is 50.1 Å². The van der Waals surface area contributed by atoms with Crippen LogP contribution < -0.4 is 10.1 Å². The number of carbonyl (C=O) groups excluding carboxylic acids is 2. The molecule has 3 aliphatic rings. The second-order valence-electron chi connectivity index (χ2n) is 8.32. The summed E-state index contributed by atoms with van der Waals surface area (Å²) in [5, 5.41) is 3.20. The lowest BCUT2D eigenvalue weighted by molar-refractivity contribution is -0.135. The smallest absolute Gasteiger partial charge is 0.251 e. The predicted octanol–water partition coefficient (Wildman–Crippen LogP) is 3.29. The number of carbonyl (C=O) groups is 2. The average molecular weight is 390 g/mol. The first-order chi connectivity index (χ1) is 14.1. The SMILES string of the molecule is CCOc1ccc(C(=O)NC2CCN(C(=O)C3Cc4ccccc43)C23CC3)cc1. The minimum atomic E-state index is -0.178. The van der Waals surface area contributed by atoms with E-state index in [1.54, 1.807) is 12.1 Å². The fourth-order valence-corrected chi connectivity index (χ4v) is 5.00. The van der Waals surface area contributed by atoms with Crippen molar-refractivity contribution in [3.8, 4) is 5.75 Å². The fourth-order valence-electron chi connectivity index (χ4n) is 5.00. The molecule has 2 amide bonds. The van der Waals surface area contributed by atoms with Crippen LogP contribution in [0.25, 0.3) is 0 Å². The Bertz CT molecular complexity index is 949. The lowest BCUT2D eigenvalue weighted by Crippen LogP contribution is -2.50. The standard InChI is InChI=1S/C24H26N2O3/c1-2-29-18-9-7-16(8-10-18)22(27)25-21-11-14-26(24(21)12-13-24)23(28)20-15-17-5-3-4-6-19(17)20/h3-10,20-21H,2,11-15H2,1H3,(H,25,27). The van der Waals surface area contributed by atoms with Crippen LogP contribution in [-0.4, -0.2) is 41.4 Å². The topological polar surface area (TPSA) is 58.6 Å². The lowest BCUT2D eigenvalue weighted by atomic mass is 9.76. The number of amides is 2. The summed E-state index contributed by atoms with van der Waals surface area (Å²) in [6.07, 6.45) is 3.61. The number of nitrogens with zero attached hydrogens (tertiary/aromatic N) is 1. The van der Waals surface area contributed by atoms with E-state index in [9.17, 15) is 9.59 Å². The number of benzene rings is 2. The van der Waals surface area contributed by atoms with Gasteiger partial charge in [0.1, 0.15) is 5.75 Å². The Morgan fingerprint density at radius 1 is 1.14 bits per heavy atom. The molecule has 5 heteroatoms. The van der Waals surface area contributed by atoms with Crippen LogP contribution >= 0.6 is 0 Å². The van der Waals surface area contributed by atoms with Crippen LogP contribution in [0.5, 0.6) is 5.75 Å². The van der Waals surface area contributed by atoms with Gasteiger partial charge in [0, 0.05) is 12.1 Å². The third-order valence-electron chi connectivity index (χ3n) is 6.74. The average Bonchev–Trinajstić information content (AvgIpc) is 3.42. The Kier molecular flexibility index (Phi) is 4.34. The van der Waals surface area contributed by atoms with Gasteiger partial charge in [-0.25, -0.2) is 0 Å². The van der Waals surface area contributed by atoms with Crippen LogP contribution in [0.4, 0.5) is 0 Å². The van der Waals surface area contributed by atoms with E-state index in [-0.39, 0.29) is 29.3 Å². The number of likely N-dealkylation sites (tertiary alicyclic amines) is 1. The molecule has 0 aromatic heterocycles. The Morgan fingerprint density at radius 3 is 2.59 bits per heavy atom. The van der Waals surface area contributed by atoms with E-state index >= 15 is 0 Å². The number of nitrogens with one attached hydrogen (secondary N) is 1. The molecule has 1 N–H and O–H groups in total. The second kappa shape index (κ2) is 6.90. The molecular formula is C24H26N2O3. The van der Waals surface area contributed by atoms with Gasteiger partial charge in [-0.15, -0.1) is 0 Å². The fraction of sp³-hybridized carbons (Fsp3) is 0.417. The summed E-state index contributed by atoms with van der Waals surface area (Å²) in [7, 11) is 0.